The van der Waals surface area contributed by atoms with E-state index in [0.29, 0.717) is 72.5 Å². The van der Waals surface area contributed by atoms with Gasteiger partial charge in [0.15, 0.2) is 0 Å². The fourth-order valence-electron chi connectivity index (χ4n) is 11.8. The minimum atomic E-state index is -0.398. The molecule has 0 spiro atoms. The molecule has 404 valence electrons. The van der Waals surface area contributed by atoms with Crippen molar-refractivity contribution in [3.63, 3.8) is 0 Å². The summed E-state index contributed by atoms with van der Waals surface area (Å²) in [6.07, 6.45) is 6.35. The number of carbonyl (C=O) groups is 4. The summed E-state index contributed by atoms with van der Waals surface area (Å²) in [7, 11) is 0. The Morgan fingerprint density at radius 1 is 0.371 bits per heavy atom. The first-order valence-corrected chi connectivity index (χ1v) is 27.1. The second kappa shape index (κ2) is 22.6. The van der Waals surface area contributed by atoms with Crippen LogP contribution >= 0.6 is 0 Å². The van der Waals surface area contributed by atoms with Crippen LogP contribution in [-0.2, 0) is 18.9 Å². The fourth-order valence-corrected chi connectivity index (χ4v) is 11.8. The largest absolute Gasteiger partial charge is 0.444 e. The standard InChI is InChI=1S/2C14H26N2O2.2C13H24N2O2/c1-10(2)16-11-6-7-12(16)9-15(8-11)13(17)18-14(3,4)5;1-10(2)15-8-11-6-7-12(9-15)16(11)13(17)18-14(3,4)5;1-9(2)14-7-11-6-10(14)8-15(11)12(16)17-13(3,4)5;1-9(2)14-7-10-6-11(8-14)15(10)12(16)17-13(3,4)5/h2*10-12H,6-9H2,1-5H3;2*9-11H,6-8H2,1-5H3. The maximum absolute atomic E-state index is 12.2. The predicted octanol–water partition coefficient (Wildman–Crippen LogP) is 9.13. The molecule has 9 fully saturated rings. The van der Waals surface area contributed by atoms with Crippen LogP contribution in [0.5, 0.6) is 0 Å². The van der Waals surface area contributed by atoms with Gasteiger partial charge in [-0.2, -0.15) is 0 Å². The third-order valence-corrected chi connectivity index (χ3v) is 14.8. The molecule has 9 aliphatic heterocycles. The van der Waals surface area contributed by atoms with E-state index in [1.165, 1.54) is 12.8 Å². The summed E-state index contributed by atoms with van der Waals surface area (Å²) in [6.45, 7) is 48.3. The van der Waals surface area contributed by atoms with Crippen molar-refractivity contribution < 1.29 is 38.1 Å². The molecule has 8 bridgehead atoms. The second-order valence-corrected chi connectivity index (χ2v) is 26.6. The number of piperazine rings is 4. The van der Waals surface area contributed by atoms with Gasteiger partial charge in [-0.05, 0) is 177 Å². The van der Waals surface area contributed by atoms with Gasteiger partial charge in [0.25, 0.3) is 0 Å². The lowest BCUT2D eigenvalue weighted by Crippen LogP contribution is -2.71. The van der Waals surface area contributed by atoms with Crippen molar-refractivity contribution in [2.24, 2.45) is 0 Å². The Kier molecular flexibility index (Phi) is 18.7. The van der Waals surface area contributed by atoms with Crippen LogP contribution in [0.1, 0.15) is 177 Å². The van der Waals surface area contributed by atoms with E-state index in [4.69, 9.17) is 18.9 Å². The number of rotatable bonds is 4. The van der Waals surface area contributed by atoms with Crippen molar-refractivity contribution in [3.05, 3.63) is 0 Å². The van der Waals surface area contributed by atoms with Gasteiger partial charge in [0.05, 0.1) is 12.1 Å². The van der Waals surface area contributed by atoms with Crippen LogP contribution in [0.25, 0.3) is 0 Å². The van der Waals surface area contributed by atoms with Gasteiger partial charge in [-0.15, -0.1) is 0 Å². The predicted molar refractivity (Wildman–Crippen MR) is 277 cm³/mol. The molecule has 9 saturated heterocycles. The van der Waals surface area contributed by atoms with Crippen molar-refractivity contribution in [2.45, 2.75) is 272 Å². The Hall–Kier alpha value is -3.08. The van der Waals surface area contributed by atoms with Gasteiger partial charge in [0.1, 0.15) is 22.4 Å². The Labute approximate surface area is 424 Å². The number of amides is 4. The van der Waals surface area contributed by atoms with Crippen molar-refractivity contribution in [1.82, 2.24) is 39.2 Å². The highest BCUT2D eigenvalue weighted by Gasteiger charge is 2.50. The van der Waals surface area contributed by atoms with E-state index in [1.807, 2.05) is 103 Å². The second-order valence-electron chi connectivity index (χ2n) is 26.6. The molecule has 0 radical (unpaired) electrons. The molecule has 4 amide bonds. The Morgan fingerprint density at radius 2 is 0.729 bits per heavy atom. The lowest BCUT2D eigenvalue weighted by molar-refractivity contribution is -0.0827. The third kappa shape index (κ3) is 15.5. The van der Waals surface area contributed by atoms with E-state index in [-0.39, 0.29) is 24.4 Å². The normalized spacial score (nSPS) is 29.0. The minimum Gasteiger partial charge on any atom is -0.444 e. The van der Waals surface area contributed by atoms with Gasteiger partial charge in [0.2, 0.25) is 0 Å². The number of carbonyl (C=O) groups excluding carboxylic acids is 4. The molecule has 16 heteroatoms. The van der Waals surface area contributed by atoms with Crippen molar-refractivity contribution in [2.75, 3.05) is 52.4 Å². The SMILES string of the molecule is CC(C)N1C2CCC1CN(C(=O)OC(C)(C)C)C2.CC(C)N1CC2CC(C1)N2C(=O)OC(C)(C)C.CC(C)N1CC2CC1CN2C(=O)OC(C)(C)C.CC(C)N1CC2CCC(C1)N2C(=O)OC(C)(C)C. The quantitative estimate of drug-likeness (QED) is 0.249. The maximum Gasteiger partial charge on any atom is 0.410 e. The molecule has 0 aromatic rings. The Bertz CT molecular complexity index is 1700. The first-order valence-electron chi connectivity index (χ1n) is 27.1. The molecule has 0 aromatic carbocycles. The molecule has 8 unspecified atom stereocenters. The number of hydrogen-bond donors (Lipinski definition) is 0. The molecular weight excluding hydrogens is 889 g/mol. The average molecular weight is 989 g/mol. The van der Waals surface area contributed by atoms with Crippen molar-refractivity contribution in [1.29, 1.82) is 0 Å². The lowest BCUT2D eigenvalue weighted by atomic mass is 9.87. The number of nitrogens with zero attached hydrogens (tertiary/aromatic N) is 8. The summed E-state index contributed by atoms with van der Waals surface area (Å²) in [5, 5.41) is 0. The number of hydrogen-bond acceptors (Lipinski definition) is 12. The van der Waals surface area contributed by atoms with Gasteiger partial charge in [0, 0.05) is 113 Å². The first kappa shape index (κ1) is 57.8. The highest BCUT2D eigenvalue weighted by molar-refractivity contribution is 5.71. The van der Waals surface area contributed by atoms with Crippen LogP contribution in [0.15, 0.2) is 0 Å². The van der Waals surface area contributed by atoms with Crippen LogP contribution in [-0.4, -0.2) is 211 Å². The van der Waals surface area contributed by atoms with E-state index >= 15 is 0 Å². The van der Waals surface area contributed by atoms with E-state index in [2.05, 4.69) is 75.0 Å². The zero-order valence-corrected chi connectivity index (χ0v) is 47.7. The first-order chi connectivity index (χ1) is 32.1. The Balaban J connectivity index is 0.000000174. The summed E-state index contributed by atoms with van der Waals surface area (Å²) in [5.74, 6) is 0. The van der Waals surface area contributed by atoms with Crippen LogP contribution in [0, 0.1) is 0 Å². The van der Waals surface area contributed by atoms with Crippen molar-refractivity contribution in [3.8, 4) is 0 Å². The smallest absolute Gasteiger partial charge is 0.410 e. The number of likely N-dealkylation sites (tertiary alicyclic amines) is 4. The zero-order chi connectivity index (χ0) is 52.6. The highest BCUT2D eigenvalue weighted by atomic mass is 16.6. The molecule has 0 saturated carbocycles. The molecular formula is C54H100N8O8. The highest BCUT2D eigenvalue weighted by Crippen LogP contribution is 2.37. The maximum atomic E-state index is 12.2. The Morgan fingerprint density at radius 3 is 1.09 bits per heavy atom. The lowest BCUT2D eigenvalue weighted by Gasteiger charge is -2.56. The van der Waals surface area contributed by atoms with Crippen molar-refractivity contribution >= 4 is 24.4 Å². The molecule has 70 heavy (non-hydrogen) atoms. The van der Waals surface area contributed by atoms with Gasteiger partial charge >= 0.3 is 24.4 Å². The fraction of sp³-hybridized carbons (Fsp3) is 0.926. The number of fused-ring (bicyclic) bond motifs is 8. The monoisotopic (exact) mass is 989 g/mol. The van der Waals surface area contributed by atoms with Gasteiger partial charge in [-0.1, -0.05) is 0 Å². The number of piperidine rings is 1. The summed E-state index contributed by atoms with van der Waals surface area (Å²) in [5.41, 5.74) is -1.58. The average Bonchev–Trinajstić information content (AvgIpc) is 3.95. The summed E-state index contributed by atoms with van der Waals surface area (Å²) in [4.78, 5) is 66.1. The summed E-state index contributed by atoms with van der Waals surface area (Å²) >= 11 is 0. The minimum absolute atomic E-state index is 0.126. The summed E-state index contributed by atoms with van der Waals surface area (Å²) in [6, 6.07) is 5.65. The zero-order valence-electron chi connectivity index (χ0n) is 47.7. The molecule has 9 rings (SSSR count). The van der Waals surface area contributed by atoms with Crippen LogP contribution in [0.4, 0.5) is 19.2 Å². The molecule has 9 heterocycles. The van der Waals surface area contributed by atoms with Gasteiger partial charge < -0.3 is 28.7 Å². The van der Waals surface area contributed by atoms with Crippen LogP contribution < -0.4 is 0 Å². The van der Waals surface area contributed by atoms with Crippen LogP contribution in [0.2, 0.25) is 0 Å². The van der Waals surface area contributed by atoms with Gasteiger partial charge in [-0.25, -0.2) is 19.2 Å². The van der Waals surface area contributed by atoms with Crippen LogP contribution in [0.3, 0.4) is 0 Å². The summed E-state index contributed by atoms with van der Waals surface area (Å²) < 4.78 is 21.9. The molecule has 0 N–H and O–H groups in total. The van der Waals surface area contributed by atoms with E-state index < -0.39 is 22.4 Å². The number of ether oxygens (including phenoxy) is 4. The van der Waals surface area contributed by atoms with E-state index in [1.54, 1.807) is 0 Å². The molecule has 9 aliphatic rings. The molecule has 0 aromatic heterocycles. The molecule has 0 aliphatic carbocycles. The van der Waals surface area contributed by atoms with E-state index in [9.17, 15) is 19.2 Å². The molecule has 8 atom stereocenters. The van der Waals surface area contributed by atoms with Gasteiger partial charge in [-0.3, -0.25) is 29.4 Å². The topological polar surface area (TPSA) is 131 Å². The van der Waals surface area contributed by atoms with E-state index in [0.717, 1.165) is 78.0 Å². The third-order valence-electron chi connectivity index (χ3n) is 14.8. The molecule has 16 nitrogen and oxygen atoms in total.